The van der Waals surface area contributed by atoms with E-state index in [0.717, 1.165) is 50.5 Å². The first-order chi connectivity index (χ1) is 13.2. The third-order valence-electron chi connectivity index (χ3n) is 6.70. The van der Waals surface area contributed by atoms with Gasteiger partial charge in [0.15, 0.2) is 11.5 Å². The molecule has 4 fully saturated rings. The average molecular weight is 372 g/mol. The molecule has 6 rings (SSSR count). The monoisotopic (exact) mass is 372 g/mol. The lowest BCUT2D eigenvalue weighted by Crippen LogP contribution is -2.45. The molecular weight excluding hydrogens is 344 g/mol. The highest BCUT2D eigenvalue weighted by atomic mass is 16.7. The average Bonchev–Trinajstić information content (AvgIpc) is 2.90. The molecule has 2 atom stereocenters. The van der Waals surface area contributed by atoms with Crippen LogP contribution < -0.4 is 14.2 Å². The lowest BCUT2D eigenvalue weighted by Gasteiger charge is -2.36. The van der Waals surface area contributed by atoms with Crippen LogP contribution in [0, 0.1) is 11.8 Å². The third kappa shape index (κ3) is 3.14. The van der Waals surface area contributed by atoms with E-state index < -0.39 is 0 Å². The van der Waals surface area contributed by atoms with Crippen molar-refractivity contribution in [2.45, 2.75) is 44.7 Å². The number of methoxy groups -OCH3 is 1. The summed E-state index contributed by atoms with van der Waals surface area (Å²) in [6.07, 6.45) is 5.81. The number of carbonyl (C=O) groups is 1. The van der Waals surface area contributed by atoms with E-state index in [0.29, 0.717) is 29.5 Å². The number of ether oxygens (including phenoxy) is 3. The fourth-order valence-electron chi connectivity index (χ4n) is 4.98. The SMILES string of the molecule is COc1cc(CN2C[C@H]3CC[C@@H]2CN(C(=O)C2CCC2)C3)cc2c1OCO2. The van der Waals surface area contributed by atoms with Gasteiger partial charge < -0.3 is 19.1 Å². The summed E-state index contributed by atoms with van der Waals surface area (Å²) in [4.78, 5) is 17.5. The zero-order valence-corrected chi connectivity index (χ0v) is 16.0. The van der Waals surface area contributed by atoms with Crippen LogP contribution in [-0.4, -0.2) is 55.3 Å². The second-order valence-corrected chi connectivity index (χ2v) is 8.43. The maximum Gasteiger partial charge on any atom is 0.231 e. The Hall–Kier alpha value is -1.95. The molecule has 1 saturated carbocycles. The second-order valence-electron chi connectivity index (χ2n) is 8.43. The molecule has 6 nitrogen and oxygen atoms in total. The van der Waals surface area contributed by atoms with E-state index in [1.807, 2.05) is 0 Å². The Morgan fingerprint density at radius 3 is 2.81 bits per heavy atom. The maximum absolute atomic E-state index is 12.8. The molecule has 0 unspecified atom stereocenters. The molecule has 3 saturated heterocycles. The zero-order valence-electron chi connectivity index (χ0n) is 16.0. The lowest BCUT2D eigenvalue weighted by atomic mass is 9.84. The lowest BCUT2D eigenvalue weighted by molar-refractivity contribution is -0.138. The molecule has 1 aromatic carbocycles. The zero-order chi connectivity index (χ0) is 18.4. The Balaban J connectivity index is 1.32. The second kappa shape index (κ2) is 6.89. The summed E-state index contributed by atoms with van der Waals surface area (Å²) in [5.41, 5.74) is 1.18. The van der Waals surface area contributed by atoms with E-state index in [2.05, 4.69) is 21.9 Å². The summed E-state index contributed by atoms with van der Waals surface area (Å²) in [5, 5.41) is 0. The van der Waals surface area contributed by atoms with Gasteiger partial charge in [0, 0.05) is 38.1 Å². The third-order valence-corrected chi connectivity index (χ3v) is 6.70. The quantitative estimate of drug-likeness (QED) is 0.813. The minimum atomic E-state index is 0.252. The fourth-order valence-corrected chi connectivity index (χ4v) is 4.98. The van der Waals surface area contributed by atoms with Gasteiger partial charge in [-0.1, -0.05) is 6.42 Å². The van der Waals surface area contributed by atoms with Gasteiger partial charge in [-0.2, -0.15) is 0 Å². The molecule has 0 spiro atoms. The van der Waals surface area contributed by atoms with Gasteiger partial charge in [-0.05, 0) is 49.3 Å². The topological polar surface area (TPSA) is 51.2 Å². The number of fused-ring (bicyclic) bond motifs is 5. The van der Waals surface area contributed by atoms with Crippen LogP contribution in [0.5, 0.6) is 17.2 Å². The molecule has 1 aromatic rings. The Bertz CT molecular complexity index is 733. The molecule has 146 valence electrons. The Labute approximate surface area is 160 Å². The van der Waals surface area contributed by atoms with E-state index in [1.54, 1.807) is 7.11 Å². The van der Waals surface area contributed by atoms with Gasteiger partial charge in [0.25, 0.3) is 0 Å². The minimum Gasteiger partial charge on any atom is -0.493 e. The number of benzene rings is 1. The van der Waals surface area contributed by atoms with E-state index in [1.165, 1.54) is 24.8 Å². The first-order valence-corrected chi connectivity index (χ1v) is 10.2. The van der Waals surface area contributed by atoms with Gasteiger partial charge in [0.1, 0.15) is 0 Å². The van der Waals surface area contributed by atoms with Gasteiger partial charge in [-0.3, -0.25) is 9.69 Å². The van der Waals surface area contributed by atoms with Crippen LogP contribution >= 0.6 is 0 Å². The molecule has 2 bridgehead atoms. The normalized spacial score (nSPS) is 27.4. The van der Waals surface area contributed by atoms with Crippen LogP contribution in [0.15, 0.2) is 12.1 Å². The van der Waals surface area contributed by atoms with E-state index in [9.17, 15) is 4.79 Å². The van der Waals surface area contributed by atoms with Gasteiger partial charge >= 0.3 is 0 Å². The summed E-state index contributed by atoms with van der Waals surface area (Å²) in [6, 6.07) is 4.58. The van der Waals surface area contributed by atoms with Gasteiger partial charge in [-0.25, -0.2) is 0 Å². The molecule has 4 heterocycles. The molecule has 0 radical (unpaired) electrons. The number of piperidine rings is 1. The minimum absolute atomic E-state index is 0.252. The van der Waals surface area contributed by atoms with Crippen molar-refractivity contribution in [3.63, 3.8) is 0 Å². The highest BCUT2D eigenvalue weighted by Gasteiger charge is 2.39. The number of carbonyl (C=O) groups excluding carboxylic acids is 1. The van der Waals surface area contributed by atoms with E-state index >= 15 is 0 Å². The summed E-state index contributed by atoms with van der Waals surface area (Å²) >= 11 is 0. The maximum atomic E-state index is 12.8. The van der Waals surface area contributed by atoms with Crippen molar-refractivity contribution >= 4 is 5.91 Å². The van der Waals surface area contributed by atoms with Crippen LogP contribution in [0.1, 0.15) is 37.7 Å². The number of hydrogen-bond acceptors (Lipinski definition) is 5. The van der Waals surface area contributed by atoms with Crippen LogP contribution in [0.3, 0.4) is 0 Å². The smallest absolute Gasteiger partial charge is 0.231 e. The molecular formula is C21H28N2O4. The highest BCUT2D eigenvalue weighted by Crippen LogP contribution is 2.42. The van der Waals surface area contributed by atoms with Gasteiger partial charge in [0.2, 0.25) is 18.4 Å². The summed E-state index contributed by atoms with van der Waals surface area (Å²) in [6.45, 7) is 4.00. The van der Waals surface area contributed by atoms with Crippen LogP contribution in [-0.2, 0) is 11.3 Å². The van der Waals surface area contributed by atoms with Crippen molar-refractivity contribution < 1.29 is 19.0 Å². The molecule has 0 aromatic heterocycles. The van der Waals surface area contributed by atoms with Crippen molar-refractivity contribution in [1.29, 1.82) is 0 Å². The van der Waals surface area contributed by atoms with Crippen molar-refractivity contribution in [1.82, 2.24) is 9.80 Å². The van der Waals surface area contributed by atoms with E-state index in [-0.39, 0.29) is 6.79 Å². The standard InChI is InChI=1S/C21H28N2O4/c1-25-18-7-15(8-19-20(18)27-13-26-19)11-22-9-14-5-6-17(22)12-23(10-14)21(24)16-3-2-4-16/h7-8,14,16-17H,2-6,9-13H2,1H3/t14-,17-/m1/s1. The highest BCUT2D eigenvalue weighted by molar-refractivity contribution is 5.79. The predicted octanol–water partition coefficient (Wildman–Crippen LogP) is 2.65. The molecule has 1 amide bonds. The number of rotatable bonds is 4. The Morgan fingerprint density at radius 2 is 2.04 bits per heavy atom. The summed E-state index contributed by atoms with van der Waals surface area (Å²) < 4.78 is 16.6. The van der Waals surface area contributed by atoms with Crippen molar-refractivity contribution in [2.24, 2.45) is 11.8 Å². The fraction of sp³-hybridized carbons (Fsp3) is 0.667. The van der Waals surface area contributed by atoms with Crippen molar-refractivity contribution in [3.05, 3.63) is 17.7 Å². The van der Waals surface area contributed by atoms with Crippen molar-refractivity contribution in [2.75, 3.05) is 33.5 Å². The predicted molar refractivity (Wildman–Crippen MR) is 100.0 cm³/mol. The van der Waals surface area contributed by atoms with Gasteiger partial charge in [0.05, 0.1) is 7.11 Å². The number of amides is 1. The summed E-state index contributed by atoms with van der Waals surface area (Å²) in [7, 11) is 1.67. The van der Waals surface area contributed by atoms with E-state index in [4.69, 9.17) is 14.2 Å². The number of nitrogens with zero attached hydrogens (tertiary/aromatic N) is 2. The van der Waals surface area contributed by atoms with Crippen LogP contribution in [0.2, 0.25) is 0 Å². The summed E-state index contributed by atoms with van der Waals surface area (Å²) in [5.74, 6) is 3.51. The van der Waals surface area contributed by atoms with Gasteiger partial charge in [-0.15, -0.1) is 0 Å². The Morgan fingerprint density at radius 1 is 1.15 bits per heavy atom. The molecule has 6 heteroatoms. The molecule has 4 aliphatic heterocycles. The van der Waals surface area contributed by atoms with Crippen molar-refractivity contribution in [3.8, 4) is 17.2 Å². The first-order valence-electron chi connectivity index (χ1n) is 10.2. The number of hydrogen-bond donors (Lipinski definition) is 0. The largest absolute Gasteiger partial charge is 0.493 e. The van der Waals surface area contributed by atoms with Crippen LogP contribution in [0.25, 0.3) is 0 Å². The molecule has 5 aliphatic rings. The molecule has 1 aliphatic carbocycles. The molecule has 0 N–H and O–H groups in total. The Kier molecular flexibility index (Phi) is 4.38. The van der Waals surface area contributed by atoms with Crippen LogP contribution in [0.4, 0.5) is 0 Å². The molecule has 27 heavy (non-hydrogen) atoms. The first kappa shape index (κ1) is 17.2.